The third kappa shape index (κ3) is 5.36. The molecule has 0 heterocycles. The Morgan fingerprint density at radius 1 is 1.43 bits per heavy atom. The number of hydrogen-bond donors (Lipinski definition) is 2. The van der Waals surface area contributed by atoms with E-state index in [2.05, 4.69) is 10.1 Å². The van der Waals surface area contributed by atoms with Crippen LogP contribution in [-0.4, -0.2) is 43.9 Å². The number of imide groups is 1. The summed E-state index contributed by atoms with van der Waals surface area (Å²) in [5.41, 5.74) is 0. The van der Waals surface area contributed by atoms with Crippen LogP contribution in [-0.2, 0) is 4.74 Å². The summed E-state index contributed by atoms with van der Waals surface area (Å²) in [6, 6.07) is -0.565. The third-order valence-corrected chi connectivity index (χ3v) is 1.61. The summed E-state index contributed by atoms with van der Waals surface area (Å²) in [6.45, 7) is 3.70. The lowest BCUT2D eigenvalue weighted by Gasteiger charge is -2.20. The number of hydrogen-bond acceptors (Lipinski definition) is 4. The van der Waals surface area contributed by atoms with Crippen LogP contribution in [0, 0.1) is 0 Å². The van der Waals surface area contributed by atoms with Crippen LogP contribution in [0.25, 0.3) is 0 Å². The molecule has 0 saturated carbocycles. The molecule has 0 fully saturated rings. The first-order valence-electron chi connectivity index (χ1n) is 4.38. The molecule has 6 heteroatoms. The zero-order chi connectivity index (χ0) is 11.1. The molecule has 0 spiro atoms. The molecule has 0 aliphatic heterocycles. The topological polar surface area (TPSA) is 70.7 Å². The van der Waals surface area contributed by atoms with Gasteiger partial charge in [-0.1, -0.05) is 0 Å². The minimum Gasteiger partial charge on any atom is -0.450 e. The molecule has 6 nitrogen and oxygen atoms in total. The Labute approximate surface area is 83.6 Å². The lowest BCUT2D eigenvalue weighted by Crippen LogP contribution is -2.48. The van der Waals surface area contributed by atoms with Gasteiger partial charge in [-0.3, -0.25) is 4.90 Å². The minimum absolute atomic E-state index is 0.149. The highest BCUT2D eigenvalue weighted by Crippen LogP contribution is 1.85. The van der Waals surface area contributed by atoms with Gasteiger partial charge in [0.15, 0.2) is 0 Å². The van der Waals surface area contributed by atoms with Gasteiger partial charge in [0, 0.05) is 0 Å². The van der Waals surface area contributed by atoms with E-state index in [4.69, 9.17) is 0 Å². The van der Waals surface area contributed by atoms with Crippen LogP contribution in [0.15, 0.2) is 0 Å². The standard InChI is InChI=1S/C8H17N3O3/c1-5-14-8(13)10-7(12)9-6(2)11(3)4/h6H,5H2,1-4H3,(H2,9,10,12,13). The summed E-state index contributed by atoms with van der Waals surface area (Å²) in [4.78, 5) is 23.7. The quantitative estimate of drug-likeness (QED) is 0.649. The second kappa shape index (κ2) is 6.20. The molecule has 0 aromatic heterocycles. The number of urea groups is 1. The third-order valence-electron chi connectivity index (χ3n) is 1.61. The van der Waals surface area contributed by atoms with Crippen LogP contribution in [0.5, 0.6) is 0 Å². The second-order valence-corrected chi connectivity index (χ2v) is 2.96. The Hall–Kier alpha value is -1.30. The average Bonchev–Trinajstić information content (AvgIpc) is 2.03. The summed E-state index contributed by atoms with van der Waals surface area (Å²) in [5, 5.41) is 4.57. The number of ether oxygens (including phenoxy) is 1. The SMILES string of the molecule is CCOC(=O)NC(=O)NC(C)N(C)C. The molecule has 0 aromatic rings. The van der Waals surface area contributed by atoms with E-state index in [0.29, 0.717) is 0 Å². The summed E-state index contributed by atoms with van der Waals surface area (Å²) in [6.07, 6.45) is -0.889. The van der Waals surface area contributed by atoms with Crippen molar-refractivity contribution in [2.75, 3.05) is 20.7 Å². The lowest BCUT2D eigenvalue weighted by molar-refractivity contribution is 0.151. The molecule has 0 aliphatic rings. The van der Waals surface area contributed by atoms with Crippen molar-refractivity contribution in [3.63, 3.8) is 0 Å². The number of rotatable bonds is 3. The van der Waals surface area contributed by atoms with Gasteiger partial charge in [0.25, 0.3) is 0 Å². The van der Waals surface area contributed by atoms with Crippen LogP contribution in [0.3, 0.4) is 0 Å². The fourth-order valence-electron chi connectivity index (χ4n) is 0.615. The van der Waals surface area contributed by atoms with Gasteiger partial charge < -0.3 is 10.1 Å². The summed E-state index contributed by atoms with van der Waals surface area (Å²) in [7, 11) is 3.63. The fraction of sp³-hybridized carbons (Fsp3) is 0.750. The van der Waals surface area contributed by atoms with Gasteiger partial charge in [-0.15, -0.1) is 0 Å². The zero-order valence-corrected chi connectivity index (χ0v) is 8.96. The second-order valence-electron chi connectivity index (χ2n) is 2.96. The largest absolute Gasteiger partial charge is 0.450 e. The molecule has 0 saturated heterocycles. The minimum atomic E-state index is -0.740. The van der Waals surface area contributed by atoms with Crippen molar-refractivity contribution in [1.29, 1.82) is 0 Å². The smallest absolute Gasteiger partial charge is 0.415 e. The normalized spacial score (nSPS) is 12.1. The van der Waals surface area contributed by atoms with Crippen LogP contribution >= 0.6 is 0 Å². The van der Waals surface area contributed by atoms with E-state index in [-0.39, 0.29) is 12.8 Å². The molecular weight excluding hydrogens is 186 g/mol. The van der Waals surface area contributed by atoms with Crippen molar-refractivity contribution >= 4 is 12.1 Å². The van der Waals surface area contributed by atoms with Gasteiger partial charge >= 0.3 is 12.1 Å². The molecule has 0 aromatic carbocycles. The Bertz CT molecular complexity index is 206. The van der Waals surface area contributed by atoms with E-state index >= 15 is 0 Å². The molecule has 3 amide bonds. The molecule has 82 valence electrons. The Balaban J connectivity index is 3.81. The molecule has 14 heavy (non-hydrogen) atoms. The molecule has 0 radical (unpaired) electrons. The number of amides is 3. The Morgan fingerprint density at radius 3 is 2.43 bits per heavy atom. The van der Waals surface area contributed by atoms with E-state index in [1.165, 1.54) is 0 Å². The molecule has 0 aliphatic carbocycles. The van der Waals surface area contributed by atoms with Crippen molar-refractivity contribution < 1.29 is 14.3 Å². The van der Waals surface area contributed by atoms with E-state index in [1.807, 2.05) is 19.4 Å². The predicted octanol–water partition coefficient (Wildman–Crippen LogP) is 0.350. The predicted molar refractivity (Wildman–Crippen MR) is 51.8 cm³/mol. The maximum absolute atomic E-state index is 11.1. The van der Waals surface area contributed by atoms with Crippen LogP contribution in [0.2, 0.25) is 0 Å². The monoisotopic (exact) mass is 203 g/mol. The van der Waals surface area contributed by atoms with Crippen LogP contribution in [0.4, 0.5) is 9.59 Å². The fourth-order valence-corrected chi connectivity index (χ4v) is 0.615. The van der Waals surface area contributed by atoms with Gasteiger partial charge in [-0.2, -0.15) is 0 Å². The molecule has 0 bridgehead atoms. The highest BCUT2D eigenvalue weighted by atomic mass is 16.5. The number of carbonyl (C=O) groups is 2. The van der Waals surface area contributed by atoms with Crippen molar-refractivity contribution in [3.05, 3.63) is 0 Å². The van der Waals surface area contributed by atoms with E-state index in [9.17, 15) is 9.59 Å². The Morgan fingerprint density at radius 2 is 2.00 bits per heavy atom. The van der Waals surface area contributed by atoms with E-state index in [0.717, 1.165) is 0 Å². The molecule has 1 atom stereocenters. The Kier molecular flexibility index (Phi) is 5.62. The lowest BCUT2D eigenvalue weighted by atomic mass is 10.5. The summed E-state index contributed by atoms with van der Waals surface area (Å²) >= 11 is 0. The maximum Gasteiger partial charge on any atom is 0.415 e. The summed E-state index contributed by atoms with van der Waals surface area (Å²) in [5.74, 6) is 0. The van der Waals surface area contributed by atoms with Crippen LogP contribution in [0.1, 0.15) is 13.8 Å². The van der Waals surface area contributed by atoms with Gasteiger partial charge in [-0.05, 0) is 27.9 Å². The molecule has 2 N–H and O–H groups in total. The van der Waals surface area contributed by atoms with Crippen molar-refractivity contribution in [1.82, 2.24) is 15.5 Å². The number of nitrogens with zero attached hydrogens (tertiary/aromatic N) is 1. The zero-order valence-electron chi connectivity index (χ0n) is 8.96. The molecular formula is C8H17N3O3. The van der Waals surface area contributed by atoms with Crippen molar-refractivity contribution in [2.45, 2.75) is 20.0 Å². The van der Waals surface area contributed by atoms with Gasteiger partial charge in [-0.25, -0.2) is 14.9 Å². The van der Waals surface area contributed by atoms with E-state index in [1.54, 1.807) is 18.7 Å². The highest BCUT2D eigenvalue weighted by Gasteiger charge is 2.11. The first kappa shape index (κ1) is 12.7. The van der Waals surface area contributed by atoms with Gasteiger partial charge in [0.05, 0.1) is 12.8 Å². The van der Waals surface area contributed by atoms with Crippen molar-refractivity contribution in [2.24, 2.45) is 0 Å². The van der Waals surface area contributed by atoms with E-state index < -0.39 is 12.1 Å². The van der Waals surface area contributed by atoms with Crippen molar-refractivity contribution in [3.8, 4) is 0 Å². The van der Waals surface area contributed by atoms with Gasteiger partial charge in [0.1, 0.15) is 0 Å². The molecule has 1 unspecified atom stereocenters. The van der Waals surface area contributed by atoms with Gasteiger partial charge in [0.2, 0.25) is 0 Å². The number of carbonyl (C=O) groups excluding carboxylic acids is 2. The maximum atomic E-state index is 11.1. The number of alkyl carbamates (subject to hydrolysis) is 1. The molecule has 0 rings (SSSR count). The first-order chi connectivity index (χ1) is 6.47. The number of nitrogens with one attached hydrogen (secondary N) is 2. The average molecular weight is 203 g/mol. The highest BCUT2D eigenvalue weighted by molar-refractivity contribution is 5.90. The summed E-state index contributed by atoms with van der Waals surface area (Å²) < 4.78 is 4.53. The first-order valence-corrected chi connectivity index (χ1v) is 4.38. The van der Waals surface area contributed by atoms with Crippen LogP contribution < -0.4 is 10.6 Å².